The van der Waals surface area contributed by atoms with E-state index in [2.05, 4.69) is 22.8 Å². The van der Waals surface area contributed by atoms with Crippen LogP contribution in [0.25, 0.3) is 0 Å². The number of nitrogens with zero attached hydrogens (tertiary/aromatic N) is 1. The zero-order valence-corrected chi connectivity index (χ0v) is 16.1. The van der Waals surface area contributed by atoms with Crippen LogP contribution in [0.3, 0.4) is 0 Å². The van der Waals surface area contributed by atoms with Crippen LogP contribution in [0.15, 0.2) is 17.2 Å². The maximum absolute atomic E-state index is 5.40. The molecule has 0 radical (unpaired) electrons. The summed E-state index contributed by atoms with van der Waals surface area (Å²) in [5.41, 5.74) is 3.59. The molecule has 7 heteroatoms. The molecule has 0 unspecified atom stereocenters. The second-order valence-corrected chi connectivity index (χ2v) is 6.57. The summed E-state index contributed by atoms with van der Waals surface area (Å²) in [6.45, 7) is 2.26. The van der Waals surface area contributed by atoms with E-state index in [0.717, 1.165) is 6.42 Å². The molecule has 1 aliphatic carbocycles. The molecule has 0 aliphatic heterocycles. The van der Waals surface area contributed by atoms with Crippen molar-refractivity contribution in [2.75, 3.05) is 21.3 Å². The molecular formula is C18H27N3O3S. The molecular weight excluding hydrogens is 338 g/mol. The minimum absolute atomic E-state index is 0.411. The second-order valence-electron chi connectivity index (χ2n) is 6.16. The highest BCUT2D eigenvalue weighted by molar-refractivity contribution is 7.80. The maximum Gasteiger partial charge on any atom is 0.187 e. The van der Waals surface area contributed by atoms with Crippen molar-refractivity contribution in [3.8, 4) is 17.2 Å². The molecule has 0 heterocycles. The van der Waals surface area contributed by atoms with Gasteiger partial charge in [-0.05, 0) is 31.0 Å². The first-order valence-electron chi connectivity index (χ1n) is 8.48. The van der Waals surface area contributed by atoms with Gasteiger partial charge in [0.25, 0.3) is 0 Å². The second kappa shape index (κ2) is 9.46. The van der Waals surface area contributed by atoms with E-state index in [9.17, 15) is 0 Å². The molecule has 1 fully saturated rings. The fraction of sp³-hybridized carbons (Fsp3) is 0.556. The van der Waals surface area contributed by atoms with Crippen molar-refractivity contribution >= 4 is 23.5 Å². The van der Waals surface area contributed by atoms with E-state index in [4.69, 9.17) is 26.4 Å². The number of benzene rings is 1. The van der Waals surface area contributed by atoms with E-state index >= 15 is 0 Å². The number of methoxy groups -OCH3 is 3. The highest BCUT2D eigenvalue weighted by atomic mass is 32.1. The Morgan fingerprint density at radius 1 is 1.12 bits per heavy atom. The number of nitrogens with one attached hydrogen (secondary N) is 2. The van der Waals surface area contributed by atoms with Crippen molar-refractivity contribution in [1.82, 2.24) is 10.7 Å². The molecule has 1 aromatic carbocycles. The van der Waals surface area contributed by atoms with E-state index < -0.39 is 0 Å². The van der Waals surface area contributed by atoms with Crippen LogP contribution in [0.1, 0.15) is 38.2 Å². The highest BCUT2D eigenvalue weighted by Crippen LogP contribution is 2.32. The predicted molar refractivity (Wildman–Crippen MR) is 104 cm³/mol. The Morgan fingerprint density at radius 2 is 1.76 bits per heavy atom. The van der Waals surface area contributed by atoms with Crippen LogP contribution in [0.5, 0.6) is 17.2 Å². The number of hydrazone groups is 1. The van der Waals surface area contributed by atoms with Gasteiger partial charge in [-0.15, -0.1) is 0 Å². The van der Waals surface area contributed by atoms with Gasteiger partial charge in [-0.1, -0.05) is 19.8 Å². The summed E-state index contributed by atoms with van der Waals surface area (Å²) < 4.78 is 16.0. The number of rotatable bonds is 6. The Balaban J connectivity index is 2.02. The number of ether oxygens (including phenoxy) is 3. The van der Waals surface area contributed by atoms with Crippen LogP contribution in [-0.2, 0) is 0 Å². The van der Waals surface area contributed by atoms with E-state index in [1.54, 1.807) is 39.7 Å². The third-order valence-corrected chi connectivity index (χ3v) is 4.75. The molecule has 0 bridgehead atoms. The minimum atomic E-state index is 0.411. The van der Waals surface area contributed by atoms with Crippen LogP contribution in [-0.4, -0.2) is 38.7 Å². The monoisotopic (exact) mass is 365 g/mol. The van der Waals surface area contributed by atoms with Crippen molar-refractivity contribution in [2.24, 2.45) is 11.0 Å². The van der Waals surface area contributed by atoms with Crippen molar-refractivity contribution in [1.29, 1.82) is 0 Å². The van der Waals surface area contributed by atoms with Crippen LogP contribution < -0.4 is 25.0 Å². The lowest BCUT2D eigenvalue weighted by Crippen LogP contribution is -2.44. The van der Waals surface area contributed by atoms with E-state index in [0.29, 0.717) is 39.9 Å². The van der Waals surface area contributed by atoms with Crippen LogP contribution in [0.4, 0.5) is 0 Å². The van der Waals surface area contributed by atoms with Gasteiger partial charge in [-0.2, -0.15) is 5.10 Å². The summed E-state index contributed by atoms with van der Waals surface area (Å²) in [6, 6.07) is 3.97. The van der Waals surface area contributed by atoms with Gasteiger partial charge in [0.2, 0.25) is 0 Å². The van der Waals surface area contributed by atoms with Gasteiger partial charge in [0.1, 0.15) is 17.2 Å². The topological polar surface area (TPSA) is 64.1 Å². The summed E-state index contributed by atoms with van der Waals surface area (Å²) in [6.07, 6.45) is 6.56. The summed E-state index contributed by atoms with van der Waals surface area (Å²) in [7, 11) is 4.78. The molecule has 1 aliphatic rings. The number of hydrogen-bond acceptors (Lipinski definition) is 5. The molecule has 0 spiro atoms. The molecule has 25 heavy (non-hydrogen) atoms. The molecule has 0 amide bonds. The lowest BCUT2D eigenvalue weighted by Gasteiger charge is -2.30. The largest absolute Gasteiger partial charge is 0.496 e. The zero-order valence-electron chi connectivity index (χ0n) is 15.3. The summed E-state index contributed by atoms with van der Waals surface area (Å²) >= 11 is 5.35. The zero-order chi connectivity index (χ0) is 18.2. The molecule has 2 atom stereocenters. The van der Waals surface area contributed by atoms with Gasteiger partial charge in [0.15, 0.2) is 5.11 Å². The van der Waals surface area contributed by atoms with Crippen LogP contribution in [0.2, 0.25) is 0 Å². The van der Waals surface area contributed by atoms with Gasteiger partial charge >= 0.3 is 0 Å². The lowest BCUT2D eigenvalue weighted by molar-refractivity contribution is 0.308. The molecule has 138 valence electrons. The van der Waals surface area contributed by atoms with Gasteiger partial charge in [0.05, 0.1) is 33.1 Å². The highest BCUT2D eigenvalue weighted by Gasteiger charge is 2.21. The molecule has 1 saturated carbocycles. The first kappa shape index (κ1) is 19.3. The third kappa shape index (κ3) is 5.22. The Hall–Kier alpha value is -2.02. The molecule has 0 saturated heterocycles. The van der Waals surface area contributed by atoms with Crippen molar-refractivity contribution in [2.45, 2.75) is 38.6 Å². The van der Waals surface area contributed by atoms with Crippen molar-refractivity contribution < 1.29 is 14.2 Å². The van der Waals surface area contributed by atoms with Crippen LogP contribution >= 0.6 is 12.2 Å². The van der Waals surface area contributed by atoms with Gasteiger partial charge in [-0.3, -0.25) is 5.43 Å². The third-order valence-electron chi connectivity index (χ3n) is 4.54. The Morgan fingerprint density at radius 3 is 2.32 bits per heavy atom. The Labute approximate surface area is 154 Å². The smallest absolute Gasteiger partial charge is 0.187 e. The Bertz CT molecular complexity index is 597. The number of thiocarbonyl (C=S) groups is 1. The first-order chi connectivity index (χ1) is 12.1. The minimum Gasteiger partial charge on any atom is -0.496 e. The van der Waals surface area contributed by atoms with Crippen molar-refractivity contribution in [3.63, 3.8) is 0 Å². The fourth-order valence-electron chi connectivity index (χ4n) is 3.05. The fourth-order valence-corrected chi connectivity index (χ4v) is 3.25. The van der Waals surface area contributed by atoms with Crippen molar-refractivity contribution in [3.05, 3.63) is 17.7 Å². The summed E-state index contributed by atoms with van der Waals surface area (Å²) in [4.78, 5) is 0. The van der Waals surface area contributed by atoms with Gasteiger partial charge < -0.3 is 19.5 Å². The van der Waals surface area contributed by atoms with E-state index in [-0.39, 0.29) is 0 Å². The maximum atomic E-state index is 5.40. The average Bonchev–Trinajstić information content (AvgIpc) is 2.63. The predicted octanol–water partition coefficient (Wildman–Crippen LogP) is 3.09. The molecule has 6 nitrogen and oxygen atoms in total. The van der Waals surface area contributed by atoms with Gasteiger partial charge in [0, 0.05) is 18.2 Å². The quantitative estimate of drug-likeness (QED) is 0.459. The lowest BCUT2D eigenvalue weighted by atomic mass is 9.86. The number of hydrogen-bond donors (Lipinski definition) is 2. The van der Waals surface area contributed by atoms with E-state index in [1.165, 1.54) is 19.3 Å². The normalized spacial score (nSPS) is 20.2. The SMILES string of the molecule is COc1cc(OC)c(/C=N\NC(=S)N[C@@H]2CCCC[C@H]2C)c(OC)c1. The summed E-state index contributed by atoms with van der Waals surface area (Å²) in [5.74, 6) is 2.50. The molecule has 2 N–H and O–H groups in total. The van der Waals surface area contributed by atoms with Crippen LogP contribution in [0, 0.1) is 5.92 Å². The Kier molecular flexibility index (Phi) is 7.31. The average molecular weight is 365 g/mol. The molecule has 2 rings (SSSR count). The molecule has 1 aromatic rings. The van der Waals surface area contributed by atoms with Gasteiger partial charge in [-0.25, -0.2) is 0 Å². The molecule has 0 aromatic heterocycles. The standard InChI is InChI=1S/C18H27N3O3S/c1-12-7-5-6-8-15(12)20-18(25)21-19-11-14-16(23-3)9-13(22-2)10-17(14)24-4/h9-12,15H,5-8H2,1-4H3,(H2,20,21,25)/b19-11-/t12-,15-/m1/s1. The summed E-state index contributed by atoms with van der Waals surface area (Å²) in [5, 5.41) is 8.11. The first-order valence-corrected chi connectivity index (χ1v) is 8.89. The van der Waals surface area contributed by atoms with E-state index in [1.807, 2.05) is 0 Å².